The van der Waals surface area contributed by atoms with Crippen molar-refractivity contribution >= 4 is 17.8 Å². The molecule has 0 spiro atoms. The number of fused-ring (bicyclic) bond motifs is 1. The van der Waals surface area contributed by atoms with E-state index in [0.717, 1.165) is 21.8 Å². The van der Waals surface area contributed by atoms with Crippen LogP contribution in [0.1, 0.15) is 36.0 Å². The van der Waals surface area contributed by atoms with Crippen LogP contribution in [0.2, 0.25) is 0 Å². The van der Waals surface area contributed by atoms with E-state index in [1.807, 2.05) is 54.6 Å². The van der Waals surface area contributed by atoms with Crippen LogP contribution in [0.4, 0.5) is 13.2 Å². The third-order valence-corrected chi connectivity index (χ3v) is 6.48. The van der Waals surface area contributed by atoms with E-state index in [9.17, 15) is 27.6 Å². The molecule has 0 saturated carbocycles. The summed E-state index contributed by atoms with van der Waals surface area (Å²) in [5.74, 6) is -3.11. The van der Waals surface area contributed by atoms with E-state index in [1.54, 1.807) is 11.0 Å². The van der Waals surface area contributed by atoms with Crippen molar-refractivity contribution in [2.75, 3.05) is 6.54 Å². The summed E-state index contributed by atoms with van der Waals surface area (Å²) in [6, 6.07) is 15.8. The van der Waals surface area contributed by atoms with Gasteiger partial charge in [0.2, 0.25) is 11.8 Å². The van der Waals surface area contributed by atoms with Crippen LogP contribution in [-0.2, 0) is 38.7 Å². The molecule has 1 fully saturated rings. The minimum atomic E-state index is -5.15. The Hall–Kier alpha value is -3.66. The molecular formula is C27H28F3N3O4. The lowest BCUT2D eigenvalue weighted by atomic mass is 10.0. The fraction of sp³-hybridized carbons (Fsp3) is 0.370. The van der Waals surface area contributed by atoms with Gasteiger partial charge >= 0.3 is 12.1 Å². The van der Waals surface area contributed by atoms with Crippen LogP contribution in [-0.4, -0.2) is 52.6 Å². The van der Waals surface area contributed by atoms with Crippen LogP contribution in [0.15, 0.2) is 66.7 Å². The molecule has 2 amide bonds. The molecule has 7 nitrogen and oxygen atoms in total. The molecule has 2 atom stereocenters. The molecule has 1 saturated heterocycles. The van der Waals surface area contributed by atoms with Crippen molar-refractivity contribution in [3.63, 3.8) is 0 Å². The number of hydrogen-bond donors (Lipinski definition) is 1. The Bertz CT molecular complexity index is 1130. The molecule has 0 unspecified atom stereocenters. The Morgan fingerprint density at radius 3 is 2.32 bits per heavy atom. The summed E-state index contributed by atoms with van der Waals surface area (Å²) in [7, 11) is 0. The van der Waals surface area contributed by atoms with E-state index < -0.39 is 30.1 Å². The third kappa shape index (κ3) is 6.97. The number of carbonyl (C=O) groups is 3. The first-order chi connectivity index (χ1) is 17.7. The van der Waals surface area contributed by atoms with Crippen LogP contribution < -0.4 is 5.32 Å². The van der Waals surface area contributed by atoms with Crippen LogP contribution in [0.5, 0.6) is 0 Å². The number of nitrogens with one attached hydrogen (secondary N) is 1. The Kier molecular flexibility index (Phi) is 8.27. The predicted octanol–water partition coefficient (Wildman–Crippen LogP) is 3.69. The molecule has 37 heavy (non-hydrogen) atoms. The zero-order valence-electron chi connectivity index (χ0n) is 20.1. The Morgan fingerprint density at radius 1 is 1.03 bits per heavy atom. The molecule has 0 radical (unpaired) electrons. The van der Waals surface area contributed by atoms with Crippen molar-refractivity contribution in [2.24, 2.45) is 0 Å². The second-order valence-corrected chi connectivity index (χ2v) is 9.14. The van der Waals surface area contributed by atoms with Crippen molar-refractivity contribution in [2.45, 2.75) is 57.0 Å². The molecule has 0 aromatic heterocycles. The first kappa shape index (κ1) is 26.4. The number of hydrogen-bond acceptors (Lipinski definition) is 5. The van der Waals surface area contributed by atoms with Gasteiger partial charge in [0.25, 0.3) is 0 Å². The fourth-order valence-corrected chi connectivity index (χ4v) is 4.52. The van der Waals surface area contributed by atoms with Gasteiger partial charge in [-0.15, -0.1) is 5.06 Å². The molecule has 196 valence electrons. The molecule has 0 bridgehead atoms. The molecule has 2 aromatic rings. The van der Waals surface area contributed by atoms with E-state index >= 15 is 0 Å². The van der Waals surface area contributed by atoms with Crippen molar-refractivity contribution < 1.29 is 32.4 Å². The van der Waals surface area contributed by atoms with Crippen LogP contribution in [0, 0.1) is 0 Å². The molecule has 10 heteroatoms. The predicted molar refractivity (Wildman–Crippen MR) is 128 cm³/mol. The highest BCUT2D eigenvalue weighted by Crippen LogP contribution is 2.24. The van der Waals surface area contributed by atoms with Gasteiger partial charge in [-0.2, -0.15) is 13.2 Å². The summed E-state index contributed by atoms with van der Waals surface area (Å²) in [6.07, 6.45) is -0.379. The zero-order chi connectivity index (χ0) is 26.4. The maximum Gasteiger partial charge on any atom is 0.492 e. The number of alkyl halides is 3. The molecule has 2 aliphatic heterocycles. The van der Waals surface area contributed by atoms with E-state index in [0.29, 0.717) is 32.4 Å². The summed E-state index contributed by atoms with van der Waals surface area (Å²) in [4.78, 5) is 43.3. The molecule has 2 heterocycles. The topological polar surface area (TPSA) is 79.0 Å². The van der Waals surface area contributed by atoms with Crippen molar-refractivity contribution in [3.05, 3.63) is 83.4 Å². The number of benzene rings is 2. The van der Waals surface area contributed by atoms with E-state index in [4.69, 9.17) is 0 Å². The average molecular weight is 516 g/mol. The van der Waals surface area contributed by atoms with E-state index in [-0.39, 0.29) is 18.9 Å². The molecule has 2 aliphatic rings. The zero-order valence-corrected chi connectivity index (χ0v) is 20.1. The van der Waals surface area contributed by atoms with Gasteiger partial charge in [-0.3, -0.25) is 9.59 Å². The Morgan fingerprint density at radius 2 is 1.68 bits per heavy atom. The van der Waals surface area contributed by atoms with Crippen molar-refractivity contribution in [1.82, 2.24) is 15.3 Å². The normalized spacial score (nSPS) is 18.6. The summed E-state index contributed by atoms with van der Waals surface area (Å²) in [6.45, 7) is 1.03. The molecular weight excluding hydrogens is 487 g/mol. The Labute approximate surface area is 212 Å². The highest BCUT2D eigenvalue weighted by molar-refractivity contribution is 5.88. The highest BCUT2D eigenvalue weighted by atomic mass is 19.4. The highest BCUT2D eigenvalue weighted by Gasteiger charge is 2.45. The third-order valence-electron chi connectivity index (χ3n) is 6.48. The fourth-order valence-electron chi connectivity index (χ4n) is 4.52. The minimum Gasteiger partial charge on any atom is -0.360 e. The van der Waals surface area contributed by atoms with Crippen molar-refractivity contribution in [1.29, 1.82) is 0 Å². The maximum atomic E-state index is 13.0. The number of hydroxylamine groups is 2. The molecule has 4 rings (SSSR count). The average Bonchev–Trinajstić information content (AvgIpc) is 3.52. The Balaban J connectivity index is 1.41. The second-order valence-electron chi connectivity index (χ2n) is 9.14. The van der Waals surface area contributed by atoms with Gasteiger partial charge in [-0.25, -0.2) is 4.79 Å². The molecule has 1 N–H and O–H groups in total. The first-order valence-electron chi connectivity index (χ1n) is 12.1. The number of carbonyl (C=O) groups excluding carboxylic acids is 3. The van der Waals surface area contributed by atoms with Gasteiger partial charge in [0.1, 0.15) is 6.04 Å². The number of aryl methyl sites for hydroxylation is 1. The van der Waals surface area contributed by atoms with E-state index in [2.05, 4.69) is 10.2 Å². The van der Waals surface area contributed by atoms with E-state index in [1.165, 1.54) is 6.08 Å². The SMILES string of the molecule is O=C(N[C@H](/C=C/C(=O)N1Cc2ccccc2C1)CCc1ccccc1)[C@@H]1CCCN1OC(=O)C(F)(F)F. The molecule has 2 aromatic carbocycles. The van der Waals surface area contributed by atoms with Crippen LogP contribution in [0.25, 0.3) is 0 Å². The minimum absolute atomic E-state index is 0.0262. The lowest BCUT2D eigenvalue weighted by Gasteiger charge is -2.25. The molecule has 0 aliphatic carbocycles. The number of rotatable bonds is 8. The van der Waals surface area contributed by atoms with Crippen LogP contribution in [0.3, 0.4) is 0 Å². The van der Waals surface area contributed by atoms with Crippen molar-refractivity contribution in [3.8, 4) is 0 Å². The standard InChI is InChI=1S/C27H28F3N3O4/c28-27(29,30)26(36)37-33-16-6-11-23(33)25(35)31-22(13-12-19-7-2-1-3-8-19)14-15-24(34)32-17-20-9-4-5-10-21(20)18-32/h1-5,7-10,14-15,22-23H,6,11-13,16-18H2,(H,31,35)/b15-14+/t22-,23-/m0/s1. The lowest BCUT2D eigenvalue weighted by Crippen LogP contribution is -2.48. The number of nitrogens with zero attached hydrogens (tertiary/aromatic N) is 2. The quantitative estimate of drug-likeness (QED) is 0.543. The smallest absolute Gasteiger partial charge is 0.360 e. The monoisotopic (exact) mass is 515 g/mol. The van der Waals surface area contributed by atoms with Gasteiger partial charge in [0.15, 0.2) is 0 Å². The van der Waals surface area contributed by atoms with Crippen LogP contribution >= 0.6 is 0 Å². The summed E-state index contributed by atoms with van der Waals surface area (Å²) in [5, 5.41) is 3.61. The second kappa shape index (κ2) is 11.6. The largest absolute Gasteiger partial charge is 0.492 e. The maximum absolute atomic E-state index is 13.0. The van der Waals surface area contributed by atoms with Gasteiger partial charge in [0.05, 0.1) is 0 Å². The van der Waals surface area contributed by atoms with Gasteiger partial charge in [0, 0.05) is 31.8 Å². The number of halogens is 3. The van der Waals surface area contributed by atoms with Gasteiger partial charge < -0.3 is 15.1 Å². The van der Waals surface area contributed by atoms with Gasteiger partial charge in [-0.05, 0) is 42.4 Å². The number of amides is 2. The first-order valence-corrected chi connectivity index (χ1v) is 12.1. The summed E-state index contributed by atoms with van der Waals surface area (Å²) in [5.41, 5.74) is 3.22. The van der Waals surface area contributed by atoms with Gasteiger partial charge in [-0.1, -0.05) is 60.7 Å². The summed E-state index contributed by atoms with van der Waals surface area (Å²) >= 11 is 0. The lowest BCUT2D eigenvalue weighted by molar-refractivity contribution is -0.240. The summed E-state index contributed by atoms with van der Waals surface area (Å²) < 4.78 is 37.9.